The van der Waals surface area contributed by atoms with E-state index in [1.165, 1.54) is 21.1 Å². The van der Waals surface area contributed by atoms with Gasteiger partial charge in [0.05, 0.1) is 0 Å². The zero-order chi connectivity index (χ0) is 23.3. The van der Waals surface area contributed by atoms with Crippen molar-refractivity contribution in [2.75, 3.05) is 20.1 Å². The summed E-state index contributed by atoms with van der Waals surface area (Å²) >= 11 is 0. The van der Waals surface area contributed by atoms with Crippen LogP contribution in [-0.2, 0) is 23.6 Å². The first kappa shape index (κ1) is 24.6. The molecule has 0 saturated heterocycles. The highest BCUT2D eigenvalue weighted by Gasteiger charge is 2.25. The molecule has 2 rings (SSSR count). The van der Waals surface area contributed by atoms with E-state index < -0.39 is 10.0 Å². The first-order valence-electron chi connectivity index (χ1n) is 10.3. The first-order valence-corrected chi connectivity index (χ1v) is 11.8. The van der Waals surface area contributed by atoms with Crippen molar-refractivity contribution in [3.63, 3.8) is 0 Å². The minimum Gasteiger partial charge on any atom is -0.347 e. The third-order valence-electron chi connectivity index (χ3n) is 5.30. The molecule has 0 bridgehead atoms. The van der Waals surface area contributed by atoms with Crippen molar-refractivity contribution < 1.29 is 18.0 Å². The highest BCUT2D eigenvalue weighted by Crippen LogP contribution is 2.18. The zero-order valence-corrected chi connectivity index (χ0v) is 19.9. The molecule has 0 saturated carbocycles. The van der Waals surface area contributed by atoms with Gasteiger partial charge in [0, 0.05) is 51.5 Å². The van der Waals surface area contributed by atoms with Crippen LogP contribution in [0.2, 0.25) is 0 Å². The van der Waals surface area contributed by atoms with Gasteiger partial charge < -0.3 is 14.8 Å². The number of aromatic nitrogens is 1. The topological polar surface area (TPSA) is 91.7 Å². The lowest BCUT2D eigenvalue weighted by Gasteiger charge is -2.21. The maximum absolute atomic E-state index is 12.7. The van der Waals surface area contributed by atoms with Gasteiger partial charge in [0.15, 0.2) is 0 Å². The predicted molar refractivity (Wildman–Crippen MR) is 120 cm³/mol. The number of aryl methyl sites for hydroxylation is 1. The Bertz CT molecular complexity index is 1020. The van der Waals surface area contributed by atoms with Crippen LogP contribution in [0.15, 0.2) is 41.4 Å². The third-order valence-corrected chi connectivity index (χ3v) is 7.32. The predicted octanol–water partition coefficient (Wildman–Crippen LogP) is 2.47. The van der Waals surface area contributed by atoms with E-state index >= 15 is 0 Å². The molecule has 0 spiro atoms. The fourth-order valence-corrected chi connectivity index (χ4v) is 4.62. The SMILES string of the molecule is CCN(CC)S(=O)(=O)c1cc(C(=O)NCc2ccc(C(=O)N(C)C(C)C)cc2)n(C)c1. The first-order chi connectivity index (χ1) is 14.5. The van der Waals surface area contributed by atoms with E-state index in [1.54, 1.807) is 57.1 Å². The second kappa shape index (κ2) is 10.1. The van der Waals surface area contributed by atoms with Crippen LogP contribution in [0.5, 0.6) is 0 Å². The van der Waals surface area contributed by atoms with Crippen molar-refractivity contribution in [2.45, 2.75) is 45.2 Å². The van der Waals surface area contributed by atoms with Crippen LogP contribution >= 0.6 is 0 Å². The molecule has 1 aromatic heterocycles. The van der Waals surface area contributed by atoms with Crippen LogP contribution in [0.3, 0.4) is 0 Å². The van der Waals surface area contributed by atoms with Gasteiger partial charge in [0.25, 0.3) is 11.8 Å². The monoisotopic (exact) mass is 448 g/mol. The molecule has 9 heteroatoms. The van der Waals surface area contributed by atoms with E-state index in [0.717, 1.165) is 5.56 Å². The van der Waals surface area contributed by atoms with Gasteiger partial charge in [-0.3, -0.25) is 9.59 Å². The number of carbonyl (C=O) groups is 2. The fourth-order valence-electron chi connectivity index (χ4n) is 3.09. The number of benzene rings is 1. The normalized spacial score (nSPS) is 11.7. The molecule has 1 N–H and O–H groups in total. The van der Waals surface area contributed by atoms with Crippen LogP contribution in [-0.4, -0.2) is 60.2 Å². The summed E-state index contributed by atoms with van der Waals surface area (Å²) in [6.45, 7) is 8.43. The van der Waals surface area contributed by atoms with E-state index in [-0.39, 0.29) is 35.0 Å². The van der Waals surface area contributed by atoms with Crippen LogP contribution in [0.1, 0.15) is 54.1 Å². The Kier molecular flexibility index (Phi) is 8.02. The second-order valence-electron chi connectivity index (χ2n) is 7.65. The lowest BCUT2D eigenvalue weighted by atomic mass is 10.1. The summed E-state index contributed by atoms with van der Waals surface area (Å²) in [4.78, 5) is 26.7. The Hall–Kier alpha value is -2.65. The van der Waals surface area contributed by atoms with Gasteiger partial charge in [-0.05, 0) is 37.6 Å². The third kappa shape index (κ3) is 5.54. The number of nitrogens with one attached hydrogen (secondary N) is 1. The number of amides is 2. The summed E-state index contributed by atoms with van der Waals surface area (Å²) in [7, 11) is -0.233. The number of rotatable bonds is 9. The lowest BCUT2D eigenvalue weighted by Crippen LogP contribution is -2.32. The molecule has 0 aliphatic rings. The Balaban J connectivity index is 2.08. The standard InChI is InChI=1S/C22H32N4O4S/c1-7-26(8-2)31(29,30)19-13-20(24(5)15-19)21(27)23-14-17-9-11-18(12-10-17)22(28)25(6)16(3)4/h9-13,15-16H,7-8,14H2,1-6H3,(H,23,27). The average molecular weight is 449 g/mol. The van der Waals surface area contributed by atoms with Gasteiger partial charge in [-0.1, -0.05) is 26.0 Å². The molecule has 0 atom stereocenters. The quantitative estimate of drug-likeness (QED) is 0.638. The summed E-state index contributed by atoms with van der Waals surface area (Å²) in [5.74, 6) is -0.431. The lowest BCUT2D eigenvalue weighted by molar-refractivity contribution is 0.0754. The zero-order valence-electron chi connectivity index (χ0n) is 19.0. The van der Waals surface area contributed by atoms with E-state index in [1.807, 2.05) is 13.8 Å². The van der Waals surface area contributed by atoms with Crippen molar-refractivity contribution in [1.29, 1.82) is 0 Å². The summed E-state index contributed by atoms with van der Waals surface area (Å²) < 4.78 is 28.2. The van der Waals surface area contributed by atoms with Gasteiger partial charge >= 0.3 is 0 Å². The Morgan fingerprint density at radius 3 is 2.19 bits per heavy atom. The van der Waals surface area contributed by atoms with Crippen molar-refractivity contribution in [2.24, 2.45) is 7.05 Å². The molecule has 2 amide bonds. The maximum Gasteiger partial charge on any atom is 0.268 e. The number of hydrogen-bond donors (Lipinski definition) is 1. The Morgan fingerprint density at radius 1 is 1.10 bits per heavy atom. The van der Waals surface area contributed by atoms with E-state index in [0.29, 0.717) is 18.7 Å². The molecule has 0 radical (unpaired) electrons. The van der Waals surface area contributed by atoms with E-state index in [2.05, 4.69) is 5.32 Å². The molecule has 0 fully saturated rings. The number of sulfonamides is 1. The molecule has 170 valence electrons. The molecular formula is C22H32N4O4S. The van der Waals surface area contributed by atoms with Gasteiger partial charge in [-0.25, -0.2) is 8.42 Å². The minimum absolute atomic E-state index is 0.0589. The molecule has 31 heavy (non-hydrogen) atoms. The molecule has 0 unspecified atom stereocenters. The Labute approximate surface area is 184 Å². The highest BCUT2D eigenvalue weighted by molar-refractivity contribution is 7.89. The molecule has 0 aliphatic heterocycles. The van der Waals surface area contributed by atoms with Crippen LogP contribution in [0, 0.1) is 0 Å². The van der Waals surface area contributed by atoms with Crippen molar-refractivity contribution >= 4 is 21.8 Å². The van der Waals surface area contributed by atoms with Crippen molar-refractivity contribution in [3.8, 4) is 0 Å². The van der Waals surface area contributed by atoms with Crippen LogP contribution in [0.4, 0.5) is 0 Å². The van der Waals surface area contributed by atoms with Gasteiger partial charge in [-0.2, -0.15) is 4.31 Å². The molecule has 1 aromatic carbocycles. The fraction of sp³-hybridized carbons (Fsp3) is 0.455. The molecule has 2 aromatic rings. The summed E-state index contributed by atoms with van der Waals surface area (Å²) in [6.07, 6.45) is 1.45. The molecular weight excluding hydrogens is 416 g/mol. The second-order valence-corrected chi connectivity index (χ2v) is 9.59. The van der Waals surface area contributed by atoms with Crippen LogP contribution in [0.25, 0.3) is 0 Å². The summed E-state index contributed by atoms with van der Waals surface area (Å²) in [6, 6.07) is 8.56. The Morgan fingerprint density at radius 2 is 1.68 bits per heavy atom. The molecule has 0 aliphatic carbocycles. The van der Waals surface area contributed by atoms with Crippen molar-refractivity contribution in [1.82, 2.24) is 19.1 Å². The van der Waals surface area contributed by atoms with Gasteiger partial charge in [-0.15, -0.1) is 0 Å². The maximum atomic E-state index is 12.7. The molecule has 1 heterocycles. The average Bonchev–Trinajstić information content (AvgIpc) is 3.14. The number of hydrogen-bond acceptors (Lipinski definition) is 4. The van der Waals surface area contributed by atoms with Crippen molar-refractivity contribution in [3.05, 3.63) is 53.3 Å². The van der Waals surface area contributed by atoms with Gasteiger partial charge in [0.1, 0.15) is 10.6 Å². The smallest absolute Gasteiger partial charge is 0.268 e. The van der Waals surface area contributed by atoms with E-state index in [9.17, 15) is 18.0 Å². The van der Waals surface area contributed by atoms with Crippen LogP contribution < -0.4 is 5.32 Å². The van der Waals surface area contributed by atoms with E-state index in [4.69, 9.17) is 0 Å². The summed E-state index contributed by atoms with van der Waals surface area (Å²) in [5.41, 5.74) is 1.68. The largest absolute Gasteiger partial charge is 0.347 e. The summed E-state index contributed by atoms with van der Waals surface area (Å²) in [5, 5.41) is 2.80. The minimum atomic E-state index is -3.63. The van der Waals surface area contributed by atoms with Gasteiger partial charge in [0.2, 0.25) is 10.0 Å². The number of carbonyl (C=O) groups excluding carboxylic acids is 2. The molecule has 8 nitrogen and oxygen atoms in total. The highest BCUT2D eigenvalue weighted by atomic mass is 32.2. The number of nitrogens with zero attached hydrogens (tertiary/aromatic N) is 3.